The molecular formula is C20H24N2O3. The van der Waals surface area contributed by atoms with Crippen molar-refractivity contribution < 1.29 is 14.6 Å². The summed E-state index contributed by atoms with van der Waals surface area (Å²) in [6, 6.07) is 15.2. The molecule has 132 valence electrons. The van der Waals surface area contributed by atoms with E-state index in [9.17, 15) is 9.90 Å². The highest BCUT2D eigenvalue weighted by Gasteiger charge is 2.21. The first-order valence-corrected chi connectivity index (χ1v) is 8.63. The van der Waals surface area contributed by atoms with Gasteiger partial charge in [0, 0.05) is 31.9 Å². The number of nitrogens with zero attached hydrogens (tertiary/aromatic N) is 2. The number of aryl methyl sites for hydroxylation is 1. The van der Waals surface area contributed by atoms with E-state index in [-0.39, 0.29) is 18.3 Å². The van der Waals surface area contributed by atoms with E-state index in [0.29, 0.717) is 12.2 Å². The zero-order valence-electron chi connectivity index (χ0n) is 14.5. The van der Waals surface area contributed by atoms with Gasteiger partial charge in [-0.25, -0.2) is 0 Å². The summed E-state index contributed by atoms with van der Waals surface area (Å²) < 4.78 is 5.49. The van der Waals surface area contributed by atoms with Crippen LogP contribution >= 0.6 is 0 Å². The number of para-hydroxylation sites is 2. The molecular weight excluding hydrogens is 316 g/mol. The summed E-state index contributed by atoms with van der Waals surface area (Å²) in [7, 11) is 0. The molecule has 0 unspecified atom stereocenters. The molecule has 0 aliphatic carbocycles. The molecule has 0 bridgehead atoms. The number of phenols is 1. The minimum atomic E-state index is 0.0966. The van der Waals surface area contributed by atoms with E-state index in [1.54, 1.807) is 24.3 Å². The Morgan fingerprint density at radius 1 is 1.08 bits per heavy atom. The average Bonchev–Trinajstić information content (AvgIpc) is 2.63. The maximum atomic E-state index is 12.3. The largest absolute Gasteiger partial charge is 0.504 e. The van der Waals surface area contributed by atoms with E-state index in [4.69, 9.17) is 4.74 Å². The number of anilines is 1. The van der Waals surface area contributed by atoms with Gasteiger partial charge in [0.05, 0.1) is 13.0 Å². The van der Waals surface area contributed by atoms with Gasteiger partial charge in [0.15, 0.2) is 11.5 Å². The number of piperazine rings is 1. The van der Waals surface area contributed by atoms with Crippen LogP contribution in [0.15, 0.2) is 48.5 Å². The van der Waals surface area contributed by atoms with Gasteiger partial charge in [-0.1, -0.05) is 24.3 Å². The molecule has 5 nitrogen and oxygen atoms in total. The summed E-state index contributed by atoms with van der Waals surface area (Å²) in [5, 5.41) is 9.66. The van der Waals surface area contributed by atoms with Crippen LogP contribution in [0.3, 0.4) is 0 Å². The fraction of sp³-hybridized carbons (Fsp3) is 0.350. The highest BCUT2D eigenvalue weighted by atomic mass is 16.5. The Balaban J connectivity index is 1.45. The lowest BCUT2D eigenvalue weighted by atomic mass is 10.2. The quantitative estimate of drug-likeness (QED) is 0.909. The summed E-state index contributed by atoms with van der Waals surface area (Å²) in [4.78, 5) is 16.5. The molecule has 0 spiro atoms. The molecule has 0 saturated carbocycles. The lowest BCUT2D eigenvalue weighted by Crippen LogP contribution is -2.49. The number of phenolic OH excluding ortho intramolecular Hbond substituents is 1. The van der Waals surface area contributed by atoms with Gasteiger partial charge in [-0.2, -0.15) is 0 Å². The molecule has 1 fully saturated rings. The second-order valence-corrected chi connectivity index (χ2v) is 6.27. The van der Waals surface area contributed by atoms with Gasteiger partial charge in [-0.3, -0.25) is 4.79 Å². The molecule has 1 saturated heterocycles. The number of carbonyl (C=O) groups is 1. The minimum Gasteiger partial charge on any atom is -0.504 e. The number of amides is 1. The average molecular weight is 340 g/mol. The number of hydrogen-bond donors (Lipinski definition) is 1. The fourth-order valence-corrected chi connectivity index (χ4v) is 3.02. The highest BCUT2D eigenvalue weighted by Crippen LogP contribution is 2.24. The summed E-state index contributed by atoms with van der Waals surface area (Å²) in [5.74, 6) is 0.612. The van der Waals surface area contributed by atoms with Gasteiger partial charge >= 0.3 is 0 Å². The van der Waals surface area contributed by atoms with Crippen molar-refractivity contribution in [1.29, 1.82) is 0 Å². The summed E-state index contributed by atoms with van der Waals surface area (Å²) in [5.41, 5.74) is 2.47. The molecule has 3 rings (SSSR count). The van der Waals surface area contributed by atoms with Crippen molar-refractivity contribution in [2.45, 2.75) is 13.3 Å². The SMILES string of the molecule is Cc1cccc(N2CCN(C(=O)CCOc3ccccc3O)CC2)c1. The van der Waals surface area contributed by atoms with Gasteiger partial charge in [0.1, 0.15) is 0 Å². The Kier molecular flexibility index (Phi) is 5.43. The topological polar surface area (TPSA) is 53.0 Å². The smallest absolute Gasteiger partial charge is 0.226 e. The molecule has 1 N–H and O–H groups in total. The third-order valence-corrected chi connectivity index (χ3v) is 4.44. The van der Waals surface area contributed by atoms with Crippen LogP contribution in [0.25, 0.3) is 0 Å². The number of hydrogen-bond acceptors (Lipinski definition) is 4. The second kappa shape index (κ2) is 7.92. The first kappa shape index (κ1) is 17.1. The van der Waals surface area contributed by atoms with Gasteiger partial charge < -0.3 is 19.6 Å². The van der Waals surface area contributed by atoms with Crippen LogP contribution < -0.4 is 9.64 Å². The van der Waals surface area contributed by atoms with Crippen molar-refractivity contribution in [2.24, 2.45) is 0 Å². The van der Waals surface area contributed by atoms with Crippen LogP contribution in [0.1, 0.15) is 12.0 Å². The van der Waals surface area contributed by atoms with Gasteiger partial charge in [0.25, 0.3) is 0 Å². The van der Waals surface area contributed by atoms with E-state index in [1.165, 1.54) is 11.3 Å². The second-order valence-electron chi connectivity index (χ2n) is 6.27. The van der Waals surface area contributed by atoms with Crippen LogP contribution in [0, 0.1) is 6.92 Å². The van der Waals surface area contributed by atoms with E-state index >= 15 is 0 Å². The fourth-order valence-electron chi connectivity index (χ4n) is 3.02. The molecule has 0 radical (unpaired) electrons. The van der Waals surface area contributed by atoms with Crippen molar-refractivity contribution in [3.8, 4) is 11.5 Å². The van der Waals surface area contributed by atoms with E-state index in [1.807, 2.05) is 4.90 Å². The van der Waals surface area contributed by atoms with Gasteiger partial charge in [0.2, 0.25) is 5.91 Å². The monoisotopic (exact) mass is 340 g/mol. The molecule has 2 aromatic rings. The summed E-state index contributed by atoms with van der Waals surface area (Å²) in [6.45, 7) is 5.50. The lowest BCUT2D eigenvalue weighted by Gasteiger charge is -2.36. The van der Waals surface area contributed by atoms with Crippen molar-refractivity contribution in [3.05, 3.63) is 54.1 Å². The van der Waals surface area contributed by atoms with Gasteiger partial charge in [-0.05, 0) is 36.8 Å². The van der Waals surface area contributed by atoms with Crippen molar-refractivity contribution in [1.82, 2.24) is 4.90 Å². The van der Waals surface area contributed by atoms with Gasteiger partial charge in [-0.15, -0.1) is 0 Å². The van der Waals surface area contributed by atoms with Crippen molar-refractivity contribution in [3.63, 3.8) is 0 Å². The maximum absolute atomic E-state index is 12.3. The lowest BCUT2D eigenvalue weighted by molar-refractivity contribution is -0.132. The molecule has 0 atom stereocenters. The molecule has 1 aliphatic rings. The third-order valence-electron chi connectivity index (χ3n) is 4.44. The number of benzene rings is 2. The van der Waals surface area contributed by atoms with E-state index in [2.05, 4.69) is 36.1 Å². The third kappa shape index (κ3) is 4.44. The zero-order valence-corrected chi connectivity index (χ0v) is 14.5. The number of aromatic hydroxyl groups is 1. The standard InChI is InChI=1S/C20H24N2O3/c1-16-5-4-6-17(15-16)21-10-12-22(13-11-21)20(24)9-14-25-19-8-3-2-7-18(19)23/h2-8,15,23H,9-14H2,1H3. The Labute approximate surface area is 148 Å². The molecule has 5 heteroatoms. The Hall–Kier alpha value is -2.69. The van der Waals surface area contributed by atoms with E-state index < -0.39 is 0 Å². The predicted octanol–water partition coefficient (Wildman–Crippen LogP) is 2.82. The molecule has 1 heterocycles. The Morgan fingerprint density at radius 3 is 2.56 bits per heavy atom. The number of ether oxygens (including phenoxy) is 1. The number of rotatable bonds is 5. The van der Waals surface area contributed by atoms with Crippen molar-refractivity contribution >= 4 is 11.6 Å². The Morgan fingerprint density at radius 2 is 1.84 bits per heavy atom. The normalized spacial score (nSPS) is 14.4. The zero-order chi connectivity index (χ0) is 17.6. The number of carbonyl (C=O) groups excluding carboxylic acids is 1. The molecule has 1 amide bonds. The van der Waals surface area contributed by atoms with Crippen LogP contribution in [0.5, 0.6) is 11.5 Å². The summed E-state index contributed by atoms with van der Waals surface area (Å²) >= 11 is 0. The maximum Gasteiger partial charge on any atom is 0.226 e. The first-order chi connectivity index (χ1) is 12.1. The highest BCUT2D eigenvalue weighted by molar-refractivity contribution is 5.76. The molecule has 1 aliphatic heterocycles. The first-order valence-electron chi connectivity index (χ1n) is 8.63. The minimum absolute atomic E-state index is 0.0966. The van der Waals surface area contributed by atoms with Crippen LogP contribution in [-0.4, -0.2) is 48.7 Å². The van der Waals surface area contributed by atoms with Crippen LogP contribution in [0.4, 0.5) is 5.69 Å². The van der Waals surface area contributed by atoms with Crippen molar-refractivity contribution in [2.75, 3.05) is 37.7 Å². The summed E-state index contributed by atoms with van der Waals surface area (Å²) in [6.07, 6.45) is 0.318. The molecule has 25 heavy (non-hydrogen) atoms. The van der Waals surface area contributed by atoms with Crippen LogP contribution in [-0.2, 0) is 4.79 Å². The van der Waals surface area contributed by atoms with Crippen LogP contribution in [0.2, 0.25) is 0 Å². The molecule has 0 aromatic heterocycles. The molecule has 2 aromatic carbocycles. The predicted molar refractivity (Wildman–Crippen MR) is 98.2 cm³/mol. The van der Waals surface area contributed by atoms with E-state index in [0.717, 1.165) is 26.2 Å². The Bertz CT molecular complexity index is 724.